The van der Waals surface area contributed by atoms with Crippen molar-refractivity contribution in [1.29, 1.82) is 0 Å². The predicted octanol–water partition coefficient (Wildman–Crippen LogP) is 3.58. The van der Waals surface area contributed by atoms with Crippen molar-refractivity contribution in [3.05, 3.63) is 60.2 Å². The summed E-state index contributed by atoms with van der Waals surface area (Å²) in [4.78, 5) is 0. The SMILES string of the molecule is C#CC[C@](C)(O)c1ccc(-c2ccccc2)cc1. The van der Waals surface area contributed by atoms with Gasteiger partial charge in [0.05, 0.1) is 5.60 Å². The van der Waals surface area contributed by atoms with Gasteiger partial charge in [-0.1, -0.05) is 54.6 Å². The van der Waals surface area contributed by atoms with Gasteiger partial charge in [0.25, 0.3) is 0 Å². The van der Waals surface area contributed by atoms with Gasteiger partial charge in [-0.2, -0.15) is 0 Å². The van der Waals surface area contributed by atoms with Crippen molar-refractivity contribution in [3.63, 3.8) is 0 Å². The van der Waals surface area contributed by atoms with E-state index in [-0.39, 0.29) is 0 Å². The second-order valence-corrected chi connectivity index (χ2v) is 4.60. The summed E-state index contributed by atoms with van der Waals surface area (Å²) in [6.07, 6.45) is 5.58. The summed E-state index contributed by atoms with van der Waals surface area (Å²) >= 11 is 0. The van der Waals surface area contributed by atoms with Crippen LogP contribution in [0.5, 0.6) is 0 Å². The van der Waals surface area contributed by atoms with E-state index in [2.05, 4.69) is 18.1 Å². The molecule has 0 bridgehead atoms. The Morgan fingerprint density at radius 1 is 1.00 bits per heavy atom. The maximum atomic E-state index is 10.2. The van der Waals surface area contributed by atoms with Crippen LogP contribution in [0, 0.1) is 12.3 Å². The van der Waals surface area contributed by atoms with Crippen LogP contribution in [-0.4, -0.2) is 5.11 Å². The van der Waals surface area contributed by atoms with Gasteiger partial charge in [0.2, 0.25) is 0 Å². The molecule has 0 radical (unpaired) electrons. The van der Waals surface area contributed by atoms with Crippen LogP contribution in [0.1, 0.15) is 18.9 Å². The second kappa shape index (κ2) is 5.08. The molecule has 2 rings (SSSR count). The Labute approximate surface area is 108 Å². The van der Waals surface area contributed by atoms with Gasteiger partial charge in [0.1, 0.15) is 0 Å². The molecule has 0 spiro atoms. The van der Waals surface area contributed by atoms with Crippen molar-refractivity contribution in [2.24, 2.45) is 0 Å². The molecule has 18 heavy (non-hydrogen) atoms. The lowest BCUT2D eigenvalue weighted by atomic mass is 9.91. The molecular formula is C17H16O. The second-order valence-electron chi connectivity index (χ2n) is 4.60. The Morgan fingerprint density at radius 2 is 1.56 bits per heavy atom. The van der Waals surface area contributed by atoms with Gasteiger partial charge in [-0.15, -0.1) is 12.3 Å². The van der Waals surface area contributed by atoms with Crippen molar-refractivity contribution < 1.29 is 5.11 Å². The first-order valence-corrected chi connectivity index (χ1v) is 5.95. The minimum atomic E-state index is -0.954. The summed E-state index contributed by atoms with van der Waals surface area (Å²) < 4.78 is 0. The Kier molecular flexibility index (Phi) is 3.50. The van der Waals surface area contributed by atoms with Crippen molar-refractivity contribution >= 4 is 0 Å². The fraction of sp³-hybridized carbons (Fsp3) is 0.176. The van der Waals surface area contributed by atoms with Crippen LogP contribution in [-0.2, 0) is 5.60 Å². The van der Waals surface area contributed by atoms with E-state index in [4.69, 9.17) is 6.42 Å². The standard InChI is InChI=1S/C17H16O/c1-3-13-17(2,18)16-11-9-15(10-12-16)14-7-5-4-6-8-14/h1,4-12,18H,13H2,2H3/t17-/m0/s1. The highest BCUT2D eigenvalue weighted by Crippen LogP contribution is 2.27. The number of hydrogen-bond donors (Lipinski definition) is 1. The van der Waals surface area contributed by atoms with Crippen molar-refractivity contribution in [2.45, 2.75) is 18.9 Å². The Bertz CT molecular complexity index is 544. The highest BCUT2D eigenvalue weighted by molar-refractivity contribution is 5.63. The van der Waals surface area contributed by atoms with Crippen molar-refractivity contribution in [3.8, 4) is 23.5 Å². The molecule has 0 fully saturated rings. The molecule has 1 nitrogen and oxygen atoms in total. The van der Waals surface area contributed by atoms with Crippen LogP contribution in [0.3, 0.4) is 0 Å². The maximum absolute atomic E-state index is 10.2. The Balaban J connectivity index is 2.29. The summed E-state index contributed by atoms with van der Waals surface area (Å²) in [5, 5.41) is 10.2. The topological polar surface area (TPSA) is 20.2 Å². The zero-order valence-electron chi connectivity index (χ0n) is 10.4. The summed E-state index contributed by atoms with van der Waals surface area (Å²) in [6, 6.07) is 18.0. The average Bonchev–Trinajstić information content (AvgIpc) is 2.40. The van der Waals surface area contributed by atoms with Crippen molar-refractivity contribution in [1.82, 2.24) is 0 Å². The molecule has 1 heteroatoms. The lowest BCUT2D eigenvalue weighted by molar-refractivity contribution is 0.0630. The minimum Gasteiger partial charge on any atom is -0.384 e. The van der Waals surface area contributed by atoms with E-state index in [1.54, 1.807) is 6.92 Å². The number of rotatable bonds is 3. The van der Waals surface area contributed by atoms with Crippen LogP contribution in [0.4, 0.5) is 0 Å². The van der Waals surface area contributed by atoms with Gasteiger partial charge in [-0.25, -0.2) is 0 Å². The maximum Gasteiger partial charge on any atom is 0.0977 e. The normalized spacial score (nSPS) is 13.6. The molecule has 0 aliphatic heterocycles. The molecule has 1 atom stereocenters. The third kappa shape index (κ3) is 2.61. The van der Waals surface area contributed by atoms with Gasteiger partial charge in [0, 0.05) is 6.42 Å². The number of hydrogen-bond acceptors (Lipinski definition) is 1. The molecule has 1 N–H and O–H groups in total. The van der Waals surface area contributed by atoms with Gasteiger partial charge in [-0.05, 0) is 23.6 Å². The molecule has 0 saturated heterocycles. The van der Waals surface area contributed by atoms with Crippen LogP contribution in [0.15, 0.2) is 54.6 Å². The van der Waals surface area contributed by atoms with Gasteiger partial charge in [0.15, 0.2) is 0 Å². The Morgan fingerprint density at radius 3 is 2.11 bits per heavy atom. The Hall–Kier alpha value is -2.04. The smallest absolute Gasteiger partial charge is 0.0977 e. The fourth-order valence-electron chi connectivity index (χ4n) is 1.95. The van der Waals surface area contributed by atoms with E-state index in [9.17, 15) is 5.11 Å². The number of benzene rings is 2. The monoisotopic (exact) mass is 236 g/mol. The molecule has 0 unspecified atom stereocenters. The molecule has 2 aromatic carbocycles. The van der Waals surface area contributed by atoms with Crippen molar-refractivity contribution in [2.75, 3.05) is 0 Å². The average molecular weight is 236 g/mol. The molecule has 2 aromatic rings. The van der Waals surface area contributed by atoms with E-state index in [0.717, 1.165) is 11.1 Å². The third-order valence-electron chi connectivity index (χ3n) is 3.06. The van der Waals surface area contributed by atoms with Crippen LogP contribution < -0.4 is 0 Å². The van der Waals surface area contributed by atoms with Crippen LogP contribution in [0.2, 0.25) is 0 Å². The molecule has 0 heterocycles. The van der Waals surface area contributed by atoms with Crippen LogP contribution in [0.25, 0.3) is 11.1 Å². The molecule has 0 aliphatic rings. The van der Waals surface area contributed by atoms with E-state index in [0.29, 0.717) is 6.42 Å². The lowest BCUT2D eigenvalue weighted by Crippen LogP contribution is -2.19. The summed E-state index contributed by atoms with van der Waals surface area (Å²) in [5.41, 5.74) is 2.20. The highest BCUT2D eigenvalue weighted by Gasteiger charge is 2.21. The minimum absolute atomic E-state index is 0.317. The fourth-order valence-corrected chi connectivity index (χ4v) is 1.95. The summed E-state index contributed by atoms with van der Waals surface area (Å²) in [5.74, 6) is 2.50. The van der Waals surface area contributed by atoms with Gasteiger partial charge < -0.3 is 5.11 Å². The summed E-state index contributed by atoms with van der Waals surface area (Å²) in [7, 11) is 0. The van der Waals surface area contributed by atoms with Gasteiger partial charge >= 0.3 is 0 Å². The largest absolute Gasteiger partial charge is 0.384 e. The zero-order chi connectivity index (χ0) is 13.0. The molecule has 0 aromatic heterocycles. The van der Waals surface area contributed by atoms with Gasteiger partial charge in [-0.3, -0.25) is 0 Å². The third-order valence-corrected chi connectivity index (χ3v) is 3.06. The van der Waals surface area contributed by atoms with Crippen LogP contribution >= 0.6 is 0 Å². The first-order valence-electron chi connectivity index (χ1n) is 5.95. The number of aliphatic hydroxyl groups is 1. The molecule has 0 saturated carbocycles. The molecule has 0 amide bonds. The first-order chi connectivity index (χ1) is 8.63. The van der Waals surface area contributed by atoms with E-state index >= 15 is 0 Å². The lowest BCUT2D eigenvalue weighted by Gasteiger charge is -2.21. The highest BCUT2D eigenvalue weighted by atomic mass is 16.3. The molecular weight excluding hydrogens is 220 g/mol. The summed E-state index contributed by atoms with van der Waals surface area (Å²) in [6.45, 7) is 1.74. The molecule has 90 valence electrons. The quantitative estimate of drug-likeness (QED) is 0.807. The van der Waals surface area contributed by atoms with E-state index in [1.807, 2.05) is 42.5 Å². The number of terminal acetylenes is 1. The zero-order valence-corrected chi connectivity index (χ0v) is 10.4. The van der Waals surface area contributed by atoms with E-state index < -0.39 is 5.60 Å². The first kappa shape index (κ1) is 12.4. The van der Waals surface area contributed by atoms with E-state index in [1.165, 1.54) is 5.56 Å². The molecule has 0 aliphatic carbocycles. The predicted molar refractivity (Wildman–Crippen MR) is 74.9 cm³/mol.